The van der Waals surface area contributed by atoms with Gasteiger partial charge in [0.05, 0.1) is 5.52 Å². The number of benzene rings is 2. The van der Waals surface area contributed by atoms with Gasteiger partial charge in [0.2, 0.25) is 0 Å². The molecule has 1 aromatic heterocycles. The van der Waals surface area contributed by atoms with Crippen molar-refractivity contribution in [2.24, 2.45) is 0 Å². The van der Waals surface area contributed by atoms with E-state index in [0.717, 1.165) is 30.2 Å². The Kier molecular flexibility index (Phi) is 4.06. The van der Waals surface area contributed by atoms with E-state index in [1.54, 1.807) is 0 Å². The van der Waals surface area contributed by atoms with Crippen LogP contribution in [-0.4, -0.2) is 11.3 Å². The van der Waals surface area contributed by atoms with E-state index in [-0.39, 0.29) is 5.92 Å². The molecule has 1 heterocycles. The number of fused-ring (bicyclic) bond motifs is 1. The molecule has 0 aliphatic rings. The minimum atomic E-state index is -0.0434. The Bertz CT molecular complexity index is 731. The lowest BCUT2D eigenvalue weighted by molar-refractivity contribution is -0.109. The third-order valence-electron chi connectivity index (χ3n) is 3.86. The van der Waals surface area contributed by atoms with E-state index in [4.69, 9.17) is 0 Å². The number of aryl methyl sites for hydroxylation is 1. The van der Waals surface area contributed by atoms with Gasteiger partial charge in [0, 0.05) is 17.5 Å². The Balaban J connectivity index is 1.81. The highest BCUT2D eigenvalue weighted by atomic mass is 16.1. The number of carbonyl (C=O) groups excluding carboxylic acids is 1. The predicted octanol–water partition coefficient (Wildman–Crippen LogP) is 4.15. The highest BCUT2D eigenvalue weighted by molar-refractivity contribution is 5.81. The van der Waals surface area contributed by atoms with Crippen LogP contribution in [0, 0.1) is 0 Å². The maximum atomic E-state index is 11.4. The largest absolute Gasteiger partial charge is 0.303 e. The van der Waals surface area contributed by atoms with Crippen LogP contribution in [0.25, 0.3) is 10.9 Å². The van der Waals surface area contributed by atoms with Gasteiger partial charge in [-0.15, -0.1) is 0 Å². The first kappa shape index (κ1) is 13.5. The van der Waals surface area contributed by atoms with Gasteiger partial charge >= 0.3 is 0 Å². The van der Waals surface area contributed by atoms with E-state index >= 15 is 0 Å². The maximum absolute atomic E-state index is 11.4. The lowest BCUT2D eigenvalue weighted by atomic mass is 9.93. The van der Waals surface area contributed by atoms with Gasteiger partial charge in [-0.3, -0.25) is 4.98 Å². The SMILES string of the molecule is O=CC(CCc1ccnc2ccccc12)c1ccccc1. The van der Waals surface area contributed by atoms with Gasteiger partial charge in [-0.05, 0) is 36.1 Å². The van der Waals surface area contributed by atoms with E-state index in [0.29, 0.717) is 0 Å². The molecule has 2 aromatic carbocycles. The molecule has 2 heteroatoms. The van der Waals surface area contributed by atoms with Gasteiger partial charge in [-0.1, -0.05) is 48.5 Å². The van der Waals surface area contributed by atoms with Crippen LogP contribution in [0.2, 0.25) is 0 Å². The number of hydrogen-bond acceptors (Lipinski definition) is 2. The average molecular weight is 275 g/mol. The highest BCUT2D eigenvalue weighted by Gasteiger charge is 2.11. The van der Waals surface area contributed by atoms with Gasteiger partial charge in [0.15, 0.2) is 0 Å². The summed E-state index contributed by atoms with van der Waals surface area (Å²) in [6.07, 6.45) is 4.59. The summed E-state index contributed by atoms with van der Waals surface area (Å²) in [6.45, 7) is 0. The van der Waals surface area contributed by atoms with Crippen LogP contribution in [0.5, 0.6) is 0 Å². The number of aldehydes is 1. The number of hydrogen-bond donors (Lipinski definition) is 0. The molecule has 0 saturated heterocycles. The normalized spacial score (nSPS) is 12.2. The molecule has 0 amide bonds. The van der Waals surface area contributed by atoms with Gasteiger partial charge in [-0.2, -0.15) is 0 Å². The Labute approximate surface area is 124 Å². The van der Waals surface area contributed by atoms with Crippen molar-refractivity contribution in [3.05, 3.63) is 78.0 Å². The average Bonchev–Trinajstić information content (AvgIpc) is 2.56. The van der Waals surface area contributed by atoms with E-state index in [2.05, 4.69) is 17.1 Å². The Morgan fingerprint density at radius 1 is 0.952 bits per heavy atom. The molecule has 0 radical (unpaired) electrons. The Morgan fingerprint density at radius 3 is 2.52 bits per heavy atom. The number of nitrogens with zero attached hydrogens (tertiary/aromatic N) is 1. The summed E-state index contributed by atoms with van der Waals surface area (Å²) < 4.78 is 0. The molecule has 3 aromatic rings. The summed E-state index contributed by atoms with van der Waals surface area (Å²) in [5, 5.41) is 1.18. The summed E-state index contributed by atoms with van der Waals surface area (Å²) in [5.74, 6) is -0.0434. The minimum absolute atomic E-state index is 0.0434. The van der Waals surface area contributed by atoms with E-state index in [9.17, 15) is 4.79 Å². The molecule has 0 aliphatic heterocycles. The van der Waals surface area contributed by atoms with Gasteiger partial charge in [-0.25, -0.2) is 0 Å². The molecule has 0 aliphatic carbocycles. The van der Waals surface area contributed by atoms with Crippen molar-refractivity contribution < 1.29 is 4.79 Å². The Hall–Kier alpha value is -2.48. The van der Waals surface area contributed by atoms with Gasteiger partial charge < -0.3 is 4.79 Å². The highest BCUT2D eigenvalue weighted by Crippen LogP contribution is 2.23. The van der Waals surface area contributed by atoms with Crippen molar-refractivity contribution in [2.45, 2.75) is 18.8 Å². The molecule has 0 saturated carbocycles. The molecule has 0 bridgehead atoms. The first-order chi connectivity index (χ1) is 10.4. The van der Waals surface area contributed by atoms with Crippen molar-refractivity contribution >= 4 is 17.2 Å². The van der Waals surface area contributed by atoms with Crippen molar-refractivity contribution in [3.63, 3.8) is 0 Å². The van der Waals surface area contributed by atoms with E-state index < -0.39 is 0 Å². The molecule has 1 unspecified atom stereocenters. The number of rotatable bonds is 5. The molecule has 0 spiro atoms. The predicted molar refractivity (Wildman–Crippen MR) is 85.3 cm³/mol. The summed E-state index contributed by atoms with van der Waals surface area (Å²) in [6, 6.07) is 20.2. The van der Waals surface area contributed by atoms with Crippen LogP contribution in [-0.2, 0) is 11.2 Å². The van der Waals surface area contributed by atoms with Crippen LogP contribution in [0.4, 0.5) is 0 Å². The zero-order chi connectivity index (χ0) is 14.5. The number of para-hydroxylation sites is 1. The second-order valence-corrected chi connectivity index (χ2v) is 5.18. The molecule has 0 fully saturated rings. The fourth-order valence-electron chi connectivity index (χ4n) is 2.70. The summed E-state index contributed by atoms with van der Waals surface area (Å²) in [7, 11) is 0. The standard InChI is InChI=1S/C19H17NO/c21-14-17(15-6-2-1-3-7-15)11-10-16-12-13-20-19-9-5-4-8-18(16)19/h1-9,12-14,17H,10-11H2. The fraction of sp³-hybridized carbons (Fsp3) is 0.158. The zero-order valence-corrected chi connectivity index (χ0v) is 11.8. The van der Waals surface area contributed by atoms with Crippen LogP contribution in [0.1, 0.15) is 23.5 Å². The third kappa shape index (κ3) is 3.00. The first-order valence-electron chi connectivity index (χ1n) is 7.21. The zero-order valence-electron chi connectivity index (χ0n) is 11.8. The van der Waals surface area contributed by atoms with Crippen LogP contribution in [0.15, 0.2) is 66.9 Å². The smallest absolute Gasteiger partial charge is 0.127 e. The molecular formula is C19H17NO. The molecule has 21 heavy (non-hydrogen) atoms. The number of carbonyl (C=O) groups is 1. The topological polar surface area (TPSA) is 30.0 Å². The molecule has 104 valence electrons. The maximum Gasteiger partial charge on any atom is 0.127 e. The monoisotopic (exact) mass is 275 g/mol. The van der Waals surface area contributed by atoms with E-state index in [1.807, 2.05) is 54.7 Å². The van der Waals surface area contributed by atoms with E-state index in [1.165, 1.54) is 10.9 Å². The lowest BCUT2D eigenvalue weighted by Gasteiger charge is -2.11. The third-order valence-corrected chi connectivity index (χ3v) is 3.86. The molecule has 3 rings (SSSR count). The fourth-order valence-corrected chi connectivity index (χ4v) is 2.70. The van der Waals surface area contributed by atoms with Crippen LogP contribution < -0.4 is 0 Å². The molecule has 2 nitrogen and oxygen atoms in total. The number of aromatic nitrogens is 1. The summed E-state index contributed by atoms with van der Waals surface area (Å²) in [5.41, 5.74) is 3.35. The summed E-state index contributed by atoms with van der Waals surface area (Å²) in [4.78, 5) is 15.8. The second-order valence-electron chi connectivity index (χ2n) is 5.18. The second kappa shape index (κ2) is 6.31. The Morgan fingerprint density at radius 2 is 1.71 bits per heavy atom. The lowest BCUT2D eigenvalue weighted by Crippen LogP contribution is -2.02. The first-order valence-corrected chi connectivity index (χ1v) is 7.21. The molecule has 1 atom stereocenters. The van der Waals surface area contributed by atoms with Gasteiger partial charge in [0.25, 0.3) is 0 Å². The van der Waals surface area contributed by atoms with Crippen molar-refractivity contribution in [3.8, 4) is 0 Å². The van der Waals surface area contributed by atoms with Gasteiger partial charge in [0.1, 0.15) is 6.29 Å². The van der Waals surface area contributed by atoms with Crippen LogP contribution in [0.3, 0.4) is 0 Å². The minimum Gasteiger partial charge on any atom is -0.303 e. The molecule has 0 N–H and O–H groups in total. The van der Waals surface area contributed by atoms with Crippen molar-refractivity contribution in [1.82, 2.24) is 4.98 Å². The number of pyridine rings is 1. The summed E-state index contributed by atoms with van der Waals surface area (Å²) >= 11 is 0. The molecular weight excluding hydrogens is 258 g/mol. The van der Waals surface area contributed by atoms with Crippen LogP contribution >= 0.6 is 0 Å². The van der Waals surface area contributed by atoms with Crippen molar-refractivity contribution in [2.75, 3.05) is 0 Å². The quantitative estimate of drug-likeness (QED) is 0.655. The van der Waals surface area contributed by atoms with Crippen molar-refractivity contribution in [1.29, 1.82) is 0 Å².